The van der Waals surface area contributed by atoms with E-state index >= 15 is 0 Å². The molecule has 4 N–H and O–H groups in total. The second kappa shape index (κ2) is 12.1. The highest BCUT2D eigenvalue weighted by Crippen LogP contribution is 2.37. The Hall–Kier alpha value is -4.60. The highest BCUT2D eigenvalue weighted by Gasteiger charge is 2.22. The van der Waals surface area contributed by atoms with E-state index in [0.717, 1.165) is 45.4 Å². The van der Waals surface area contributed by atoms with Gasteiger partial charge in [-0.05, 0) is 69.0 Å². The number of amides is 1. The first-order valence-electron chi connectivity index (χ1n) is 13.2. The normalized spacial score (nSPS) is 12.9. The molecule has 0 saturated heterocycles. The highest BCUT2D eigenvalue weighted by molar-refractivity contribution is 5.95. The van der Waals surface area contributed by atoms with Crippen molar-refractivity contribution < 1.29 is 14.3 Å². The van der Waals surface area contributed by atoms with Crippen LogP contribution in [0.15, 0.2) is 51.9 Å². The molecule has 0 unspecified atom stereocenters. The Balaban J connectivity index is 1.89. The first-order chi connectivity index (χ1) is 19.2. The Morgan fingerprint density at radius 3 is 2.52 bits per heavy atom. The predicted octanol–water partition coefficient (Wildman–Crippen LogP) is 3.05. The van der Waals surface area contributed by atoms with Crippen LogP contribution in [0.25, 0.3) is 11.3 Å². The Bertz CT molecular complexity index is 1610. The topological polar surface area (TPSA) is 137 Å². The van der Waals surface area contributed by atoms with E-state index in [9.17, 15) is 9.59 Å². The number of nitrogens with one attached hydrogen (secondary N) is 2. The molecule has 0 bridgehead atoms. The zero-order valence-electron chi connectivity index (χ0n) is 23.6. The number of nitrogens with zero attached hydrogens (tertiary/aromatic N) is 3. The summed E-state index contributed by atoms with van der Waals surface area (Å²) in [6, 6.07) is 9.95. The van der Waals surface area contributed by atoms with Crippen molar-refractivity contribution in [3.05, 3.63) is 80.3 Å². The van der Waals surface area contributed by atoms with E-state index in [1.807, 2.05) is 45.9 Å². The zero-order valence-corrected chi connectivity index (χ0v) is 23.6. The van der Waals surface area contributed by atoms with Gasteiger partial charge in [0.1, 0.15) is 5.49 Å². The quantitative estimate of drug-likeness (QED) is 0.281. The van der Waals surface area contributed by atoms with Gasteiger partial charge in [-0.3, -0.25) is 13.9 Å². The highest BCUT2D eigenvalue weighted by atomic mass is 16.5. The maximum Gasteiger partial charge on any atom is 0.330 e. The number of benzene rings is 2. The van der Waals surface area contributed by atoms with E-state index in [2.05, 4.69) is 17.4 Å². The smallest absolute Gasteiger partial charge is 0.330 e. The molecule has 10 nitrogen and oxygen atoms in total. The molecule has 210 valence electrons. The molecule has 1 aliphatic heterocycles. The van der Waals surface area contributed by atoms with Crippen molar-refractivity contribution in [3.8, 4) is 22.8 Å². The molecule has 1 amide bonds. The minimum Gasteiger partial charge on any atom is -0.493 e. The van der Waals surface area contributed by atoms with Crippen molar-refractivity contribution in [1.82, 2.24) is 14.5 Å². The number of allylic oxidation sites excluding steroid dienone is 1. The molecular weight excluding hydrogens is 508 g/mol. The molecule has 1 aromatic heterocycles. The van der Waals surface area contributed by atoms with E-state index in [0.29, 0.717) is 36.6 Å². The van der Waals surface area contributed by atoms with Gasteiger partial charge in [0.15, 0.2) is 11.5 Å². The summed E-state index contributed by atoms with van der Waals surface area (Å²) < 4.78 is 14.7. The molecule has 2 aromatic carbocycles. The number of aryl methyl sites for hydroxylation is 4. The van der Waals surface area contributed by atoms with Crippen LogP contribution in [0.3, 0.4) is 0 Å². The molecule has 0 aliphatic carbocycles. The summed E-state index contributed by atoms with van der Waals surface area (Å²) in [4.78, 5) is 31.2. The maximum absolute atomic E-state index is 13.9. The number of hydrogen-bond donors (Lipinski definition) is 3. The van der Waals surface area contributed by atoms with Gasteiger partial charge in [0.25, 0.3) is 5.91 Å². The van der Waals surface area contributed by atoms with Crippen molar-refractivity contribution in [3.63, 3.8) is 0 Å². The maximum atomic E-state index is 13.9. The summed E-state index contributed by atoms with van der Waals surface area (Å²) in [6.07, 6.45) is 2.82. The van der Waals surface area contributed by atoms with Gasteiger partial charge in [-0.2, -0.15) is 0 Å². The molecule has 0 fully saturated rings. The third-order valence-corrected chi connectivity index (χ3v) is 6.87. The van der Waals surface area contributed by atoms with Crippen LogP contribution >= 0.6 is 0 Å². The minimum atomic E-state index is -0.503. The van der Waals surface area contributed by atoms with Crippen LogP contribution in [0.5, 0.6) is 11.5 Å². The van der Waals surface area contributed by atoms with Crippen molar-refractivity contribution in [2.45, 2.75) is 47.2 Å². The fourth-order valence-corrected chi connectivity index (χ4v) is 5.09. The first kappa shape index (κ1) is 28.4. The van der Waals surface area contributed by atoms with Crippen LogP contribution in [0.1, 0.15) is 29.2 Å². The lowest BCUT2D eigenvalue weighted by molar-refractivity contribution is -0.117. The van der Waals surface area contributed by atoms with E-state index in [4.69, 9.17) is 25.6 Å². The van der Waals surface area contributed by atoms with Crippen LogP contribution in [0.4, 0.5) is 5.69 Å². The minimum absolute atomic E-state index is 0.0741. The van der Waals surface area contributed by atoms with Gasteiger partial charge in [-0.1, -0.05) is 17.7 Å². The summed E-state index contributed by atoms with van der Waals surface area (Å²) >= 11 is 0. The van der Waals surface area contributed by atoms with Gasteiger partial charge in [-0.25, -0.2) is 9.79 Å². The fourth-order valence-electron chi connectivity index (χ4n) is 5.09. The number of ether oxygens (including phenoxy) is 2. The third kappa shape index (κ3) is 5.70. The molecular formula is C30H36N6O4. The molecule has 2 heterocycles. The van der Waals surface area contributed by atoms with E-state index < -0.39 is 5.91 Å². The van der Waals surface area contributed by atoms with Gasteiger partial charge in [0.05, 0.1) is 30.8 Å². The van der Waals surface area contributed by atoms with Crippen molar-refractivity contribution in [2.24, 2.45) is 10.7 Å². The molecule has 1 aliphatic rings. The van der Waals surface area contributed by atoms with Gasteiger partial charge >= 0.3 is 5.69 Å². The lowest BCUT2D eigenvalue weighted by atomic mass is 9.97. The van der Waals surface area contributed by atoms with Crippen LogP contribution in [-0.2, 0) is 24.3 Å². The molecule has 0 spiro atoms. The number of nitrogens with two attached hydrogens (primary N) is 1. The monoisotopic (exact) mass is 544 g/mol. The summed E-state index contributed by atoms with van der Waals surface area (Å²) in [5.74, 6) is 0.769. The van der Waals surface area contributed by atoms with Crippen molar-refractivity contribution >= 4 is 17.8 Å². The Morgan fingerprint density at radius 2 is 1.88 bits per heavy atom. The largest absolute Gasteiger partial charge is 0.493 e. The molecule has 3 aromatic rings. The van der Waals surface area contributed by atoms with Crippen molar-refractivity contribution in [1.29, 1.82) is 5.41 Å². The molecule has 4 rings (SSSR count). The average molecular weight is 545 g/mol. The standard InChI is InChI=1S/C30H36N6O4/c1-6-40-26-15-21-8-11-35-24(22(21)16-25(26)39-5)17-27(34-28-19(3)13-18(2)14-20(28)4)36(30(35)38)12-10-33-29(37)23(32)7-9-31/h7,9,13-17,31H,6,8,10-12,32H2,1-5H3,(H,33,37)/b23-7-,31-9?,34-27+. The van der Waals surface area contributed by atoms with Gasteiger partial charge in [0, 0.05) is 37.5 Å². The number of carbonyl (C=O) groups excluding carboxylic acids is 1. The number of rotatable bonds is 9. The van der Waals surface area contributed by atoms with Crippen molar-refractivity contribution in [2.75, 3.05) is 20.3 Å². The number of hydrogen-bond acceptors (Lipinski definition) is 7. The van der Waals surface area contributed by atoms with Crippen LogP contribution in [0.2, 0.25) is 0 Å². The zero-order chi connectivity index (χ0) is 29.0. The Kier molecular flexibility index (Phi) is 8.57. The Morgan fingerprint density at radius 1 is 1.15 bits per heavy atom. The summed E-state index contributed by atoms with van der Waals surface area (Å²) in [7, 11) is 1.60. The lowest BCUT2D eigenvalue weighted by Crippen LogP contribution is -2.44. The van der Waals surface area contributed by atoms with Crippen LogP contribution in [0, 0.1) is 26.2 Å². The molecule has 40 heavy (non-hydrogen) atoms. The Labute approximate surface area is 233 Å². The number of fused-ring (bicyclic) bond motifs is 3. The van der Waals surface area contributed by atoms with Gasteiger partial charge < -0.3 is 25.9 Å². The molecule has 0 radical (unpaired) electrons. The van der Waals surface area contributed by atoms with E-state index in [1.165, 1.54) is 6.08 Å². The summed E-state index contributed by atoms with van der Waals surface area (Å²) in [6.45, 7) is 9.32. The van der Waals surface area contributed by atoms with E-state index in [1.54, 1.807) is 16.2 Å². The number of methoxy groups -OCH3 is 1. The second-order valence-corrected chi connectivity index (χ2v) is 9.72. The lowest BCUT2D eigenvalue weighted by Gasteiger charge is -2.25. The molecule has 10 heteroatoms. The average Bonchev–Trinajstić information content (AvgIpc) is 2.91. The predicted molar refractivity (Wildman–Crippen MR) is 155 cm³/mol. The summed E-state index contributed by atoms with van der Waals surface area (Å²) in [5.41, 5.74) is 12.5. The van der Waals surface area contributed by atoms with E-state index in [-0.39, 0.29) is 24.5 Å². The number of carbonyl (C=O) groups is 1. The fraction of sp³-hybridized carbons (Fsp3) is 0.333. The van der Waals surface area contributed by atoms with Crippen LogP contribution < -0.4 is 31.7 Å². The third-order valence-electron chi connectivity index (χ3n) is 6.87. The summed E-state index contributed by atoms with van der Waals surface area (Å²) in [5, 5.41) is 9.83. The van der Waals surface area contributed by atoms with Gasteiger partial charge in [0.2, 0.25) is 0 Å². The van der Waals surface area contributed by atoms with Gasteiger partial charge in [-0.15, -0.1) is 0 Å². The first-order valence-corrected chi connectivity index (χ1v) is 13.2. The second-order valence-electron chi connectivity index (χ2n) is 9.72. The molecule has 0 saturated carbocycles. The SMILES string of the molecule is CCOc1cc2c(cc1OC)-c1c/c(=N\c3c(C)cc(C)cc3C)n(CCNC(=O)/C(N)=C/C=N)c(=O)n1CC2. The molecule has 0 atom stereocenters. The number of aromatic nitrogens is 2. The van der Waals surface area contributed by atoms with Crippen LogP contribution in [-0.4, -0.2) is 41.5 Å².